The van der Waals surface area contributed by atoms with Crippen molar-refractivity contribution in [3.05, 3.63) is 46.7 Å². The molecule has 0 radical (unpaired) electrons. The van der Waals surface area contributed by atoms with E-state index in [0.717, 1.165) is 12.1 Å². The van der Waals surface area contributed by atoms with Crippen molar-refractivity contribution < 1.29 is 4.39 Å². The molecule has 0 amide bonds. The van der Waals surface area contributed by atoms with Gasteiger partial charge < -0.3 is 5.32 Å². The minimum atomic E-state index is -0.451. The number of hydrogen-bond donors (Lipinski definition) is 1. The molecule has 0 fully saturated rings. The Kier molecular flexibility index (Phi) is 3.51. The number of pyridine rings is 1. The van der Waals surface area contributed by atoms with E-state index in [1.54, 1.807) is 17.4 Å². The second kappa shape index (κ2) is 5.07. The van der Waals surface area contributed by atoms with Crippen molar-refractivity contribution in [1.29, 1.82) is 0 Å². The average Bonchev–Trinajstić information content (AvgIpc) is 2.70. The lowest BCUT2D eigenvalue weighted by molar-refractivity contribution is 0.584. The van der Waals surface area contributed by atoms with Crippen LogP contribution in [0, 0.1) is 5.95 Å². The molecule has 4 heteroatoms. The molecule has 16 heavy (non-hydrogen) atoms. The molecule has 2 nitrogen and oxygen atoms in total. The molecule has 2 aromatic rings. The Labute approximate surface area is 98.2 Å². The Morgan fingerprint density at radius 2 is 2.38 bits per heavy atom. The van der Waals surface area contributed by atoms with E-state index in [-0.39, 0.29) is 6.04 Å². The summed E-state index contributed by atoms with van der Waals surface area (Å²) in [7, 11) is 0. The van der Waals surface area contributed by atoms with Crippen molar-refractivity contribution in [3.8, 4) is 0 Å². The van der Waals surface area contributed by atoms with Gasteiger partial charge in [0.15, 0.2) is 0 Å². The summed E-state index contributed by atoms with van der Waals surface area (Å²) in [5.41, 5.74) is 2.08. The van der Waals surface area contributed by atoms with E-state index in [0.29, 0.717) is 0 Å². The van der Waals surface area contributed by atoms with Crippen molar-refractivity contribution in [2.75, 3.05) is 5.32 Å². The molecule has 1 atom stereocenters. The molecule has 84 valence electrons. The zero-order chi connectivity index (χ0) is 11.4. The zero-order valence-corrected chi connectivity index (χ0v) is 9.80. The Morgan fingerprint density at radius 1 is 1.50 bits per heavy atom. The maximum atomic E-state index is 12.8. The molecule has 2 aromatic heterocycles. The number of nitrogens with one attached hydrogen (secondary N) is 1. The molecular weight excluding hydrogens is 223 g/mol. The summed E-state index contributed by atoms with van der Waals surface area (Å²) in [6.45, 7) is 2.08. The lowest BCUT2D eigenvalue weighted by Crippen LogP contribution is -2.17. The first-order valence-electron chi connectivity index (χ1n) is 5.13. The van der Waals surface area contributed by atoms with Gasteiger partial charge in [0, 0.05) is 24.0 Å². The van der Waals surface area contributed by atoms with Crippen LogP contribution in [0.1, 0.15) is 12.5 Å². The zero-order valence-electron chi connectivity index (χ0n) is 8.98. The Bertz CT molecular complexity index is 442. The lowest BCUT2D eigenvalue weighted by Gasteiger charge is -2.14. The van der Waals surface area contributed by atoms with Crippen molar-refractivity contribution >= 4 is 17.0 Å². The molecule has 1 N–H and O–H groups in total. The van der Waals surface area contributed by atoms with Gasteiger partial charge in [-0.25, -0.2) is 4.98 Å². The fourth-order valence-electron chi connectivity index (χ4n) is 1.59. The summed E-state index contributed by atoms with van der Waals surface area (Å²) in [5.74, 6) is -0.451. The van der Waals surface area contributed by atoms with Crippen molar-refractivity contribution in [2.45, 2.75) is 19.4 Å². The number of anilines is 1. The Balaban J connectivity index is 1.94. The first-order chi connectivity index (χ1) is 7.74. The minimum Gasteiger partial charge on any atom is -0.382 e. The van der Waals surface area contributed by atoms with Crippen LogP contribution in [0.4, 0.5) is 10.1 Å². The van der Waals surface area contributed by atoms with Gasteiger partial charge in [0.1, 0.15) is 0 Å². The molecule has 0 aliphatic rings. The first-order valence-corrected chi connectivity index (χ1v) is 6.07. The van der Waals surface area contributed by atoms with Gasteiger partial charge in [-0.2, -0.15) is 15.7 Å². The third-order valence-electron chi connectivity index (χ3n) is 2.26. The number of aromatic nitrogens is 1. The second-order valence-corrected chi connectivity index (χ2v) is 4.53. The summed E-state index contributed by atoms with van der Waals surface area (Å²) in [5, 5.41) is 7.44. The van der Waals surface area contributed by atoms with Crippen molar-refractivity contribution in [1.82, 2.24) is 4.98 Å². The second-order valence-electron chi connectivity index (χ2n) is 3.75. The quantitative estimate of drug-likeness (QED) is 0.824. The predicted octanol–water partition coefficient (Wildman–Crippen LogP) is 3.33. The van der Waals surface area contributed by atoms with E-state index in [2.05, 4.69) is 34.1 Å². The summed E-state index contributed by atoms with van der Waals surface area (Å²) in [6, 6.07) is 5.56. The lowest BCUT2D eigenvalue weighted by atomic mass is 10.1. The highest BCUT2D eigenvalue weighted by molar-refractivity contribution is 7.07. The van der Waals surface area contributed by atoms with E-state index in [1.807, 2.05) is 0 Å². The van der Waals surface area contributed by atoms with Crippen LogP contribution in [0.2, 0.25) is 0 Å². The number of nitrogens with zero attached hydrogens (tertiary/aromatic N) is 1. The van der Waals surface area contributed by atoms with Gasteiger partial charge in [-0.15, -0.1) is 0 Å². The number of hydrogen-bond acceptors (Lipinski definition) is 3. The van der Waals surface area contributed by atoms with Crippen molar-refractivity contribution in [2.24, 2.45) is 0 Å². The fourth-order valence-corrected chi connectivity index (χ4v) is 2.27. The van der Waals surface area contributed by atoms with Gasteiger partial charge in [-0.1, -0.05) is 0 Å². The maximum absolute atomic E-state index is 12.8. The summed E-state index contributed by atoms with van der Waals surface area (Å²) >= 11 is 1.69. The normalized spacial score (nSPS) is 12.4. The highest BCUT2D eigenvalue weighted by Gasteiger charge is 2.04. The molecule has 0 saturated heterocycles. The monoisotopic (exact) mass is 236 g/mol. The molecule has 0 aromatic carbocycles. The highest BCUT2D eigenvalue weighted by Crippen LogP contribution is 2.13. The van der Waals surface area contributed by atoms with Gasteiger partial charge in [0.2, 0.25) is 5.95 Å². The molecule has 0 aliphatic carbocycles. The fraction of sp³-hybridized carbons (Fsp3) is 0.250. The van der Waals surface area contributed by atoms with E-state index >= 15 is 0 Å². The number of thiophene rings is 1. The average molecular weight is 236 g/mol. The molecule has 0 saturated carbocycles. The third kappa shape index (κ3) is 3.03. The van der Waals surface area contributed by atoms with Gasteiger partial charge >= 0.3 is 0 Å². The molecule has 0 spiro atoms. The topological polar surface area (TPSA) is 24.9 Å². The van der Waals surface area contributed by atoms with E-state index in [1.165, 1.54) is 17.8 Å². The molecule has 0 aliphatic heterocycles. The highest BCUT2D eigenvalue weighted by atomic mass is 32.1. The van der Waals surface area contributed by atoms with Crippen LogP contribution in [0.25, 0.3) is 0 Å². The number of rotatable bonds is 4. The van der Waals surface area contributed by atoms with Crippen LogP contribution in [0.15, 0.2) is 35.2 Å². The Morgan fingerprint density at radius 3 is 3.06 bits per heavy atom. The largest absolute Gasteiger partial charge is 0.382 e. The van der Waals surface area contributed by atoms with Gasteiger partial charge in [-0.3, -0.25) is 0 Å². The van der Waals surface area contributed by atoms with E-state index < -0.39 is 5.95 Å². The minimum absolute atomic E-state index is 0.274. The van der Waals surface area contributed by atoms with Crippen LogP contribution in [0.5, 0.6) is 0 Å². The van der Waals surface area contributed by atoms with Gasteiger partial charge in [0.05, 0.1) is 0 Å². The molecular formula is C12H13FN2S. The number of halogens is 1. The molecule has 2 heterocycles. The molecule has 2 rings (SSSR count). The van der Waals surface area contributed by atoms with Crippen LogP contribution in [-0.4, -0.2) is 11.0 Å². The van der Waals surface area contributed by atoms with Crippen molar-refractivity contribution in [3.63, 3.8) is 0 Å². The smallest absolute Gasteiger partial charge is 0.214 e. The molecule has 0 bridgehead atoms. The summed E-state index contributed by atoms with van der Waals surface area (Å²) in [4.78, 5) is 3.52. The molecule has 1 unspecified atom stereocenters. The SMILES string of the molecule is CC(Cc1ccsc1)Nc1ccnc(F)c1. The van der Waals surface area contributed by atoms with E-state index in [9.17, 15) is 4.39 Å². The van der Waals surface area contributed by atoms with Crippen LogP contribution < -0.4 is 5.32 Å². The van der Waals surface area contributed by atoms with Gasteiger partial charge in [0.25, 0.3) is 0 Å². The predicted molar refractivity (Wildman–Crippen MR) is 65.3 cm³/mol. The van der Waals surface area contributed by atoms with Gasteiger partial charge in [-0.05, 0) is 41.8 Å². The summed E-state index contributed by atoms with van der Waals surface area (Å²) < 4.78 is 12.8. The maximum Gasteiger partial charge on any atom is 0.214 e. The standard InChI is InChI=1S/C12H13FN2S/c1-9(6-10-3-5-16-8-10)15-11-2-4-14-12(13)7-11/h2-5,7-9H,6H2,1H3,(H,14,15). The Hall–Kier alpha value is -1.42. The first kappa shape index (κ1) is 11.1. The van der Waals surface area contributed by atoms with Crippen LogP contribution in [-0.2, 0) is 6.42 Å². The van der Waals surface area contributed by atoms with E-state index in [4.69, 9.17) is 0 Å². The van der Waals surface area contributed by atoms with Crippen LogP contribution >= 0.6 is 11.3 Å². The third-order valence-corrected chi connectivity index (χ3v) is 2.99. The summed E-state index contributed by atoms with van der Waals surface area (Å²) in [6.07, 6.45) is 2.41. The van der Waals surface area contributed by atoms with Crippen LogP contribution in [0.3, 0.4) is 0 Å².